The summed E-state index contributed by atoms with van der Waals surface area (Å²) in [6.07, 6.45) is 2.90. The molecule has 0 radical (unpaired) electrons. The predicted molar refractivity (Wildman–Crippen MR) is 66.7 cm³/mol. The van der Waals surface area contributed by atoms with E-state index in [1.165, 1.54) is 0 Å². The van der Waals surface area contributed by atoms with Crippen LogP contribution in [-0.4, -0.2) is 18.3 Å². The van der Waals surface area contributed by atoms with Gasteiger partial charge >= 0.3 is 0 Å². The van der Waals surface area contributed by atoms with Crippen molar-refractivity contribution in [2.45, 2.75) is 33.1 Å². The van der Waals surface area contributed by atoms with Crippen molar-refractivity contribution in [3.63, 3.8) is 0 Å². The van der Waals surface area contributed by atoms with Crippen molar-refractivity contribution in [2.75, 3.05) is 13.2 Å². The molecular formula is C14H22O2. The predicted octanol–water partition coefficient (Wildman–Crippen LogP) is 3.25. The lowest BCUT2D eigenvalue weighted by Gasteiger charge is -2.29. The van der Waals surface area contributed by atoms with Crippen molar-refractivity contribution in [3.05, 3.63) is 30.3 Å². The molecule has 2 heteroatoms. The molecular weight excluding hydrogens is 200 g/mol. The summed E-state index contributed by atoms with van der Waals surface area (Å²) in [5, 5.41) is 9.42. The Morgan fingerprint density at radius 2 is 1.75 bits per heavy atom. The lowest BCUT2D eigenvalue weighted by molar-refractivity contribution is 0.0871. The molecule has 0 atom stereocenters. The number of hydrogen-bond donors (Lipinski definition) is 1. The van der Waals surface area contributed by atoms with Crippen molar-refractivity contribution in [1.29, 1.82) is 0 Å². The Bertz CT molecular complexity index is 270. The summed E-state index contributed by atoms with van der Waals surface area (Å²) in [6.45, 7) is 5.18. The molecule has 0 aliphatic heterocycles. The lowest BCUT2D eigenvalue weighted by Crippen LogP contribution is -2.26. The van der Waals surface area contributed by atoms with Gasteiger partial charge in [0, 0.05) is 6.61 Å². The maximum Gasteiger partial charge on any atom is 0.119 e. The van der Waals surface area contributed by atoms with Gasteiger partial charge in [-0.1, -0.05) is 32.0 Å². The molecule has 0 bridgehead atoms. The molecule has 0 saturated carbocycles. The summed E-state index contributed by atoms with van der Waals surface area (Å²) in [4.78, 5) is 0. The summed E-state index contributed by atoms with van der Waals surface area (Å²) in [5.74, 6) is 0.904. The van der Waals surface area contributed by atoms with Crippen LogP contribution >= 0.6 is 0 Å². The number of para-hydroxylation sites is 1. The third-order valence-corrected chi connectivity index (χ3v) is 3.48. The van der Waals surface area contributed by atoms with Gasteiger partial charge in [-0.05, 0) is 36.8 Å². The third-order valence-electron chi connectivity index (χ3n) is 3.48. The highest BCUT2D eigenvalue weighted by atomic mass is 16.5. The fourth-order valence-electron chi connectivity index (χ4n) is 1.81. The molecule has 1 aromatic rings. The van der Waals surface area contributed by atoms with Crippen LogP contribution in [0.5, 0.6) is 5.75 Å². The molecule has 1 rings (SSSR count). The molecule has 0 unspecified atom stereocenters. The number of rotatable bonds is 7. The second-order valence-electron chi connectivity index (χ2n) is 4.28. The number of aliphatic hydroxyl groups excluding tert-OH is 1. The Morgan fingerprint density at radius 3 is 2.25 bits per heavy atom. The number of benzene rings is 1. The Hall–Kier alpha value is -1.02. The highest BCUT2D eigenvalue weighted by Crippen LogP contribution is 2.29. The van der Waals surface area contributed by atoms with E-state index in [0.29, 0.717) is 6.61 Å². The number of ether oxygens (including phenoxy) is 1. The first-order valence-electron chi connectivity index (χ1n) is 6.05. The van der Waals surface area contributed by atoms with Gasteiger partial charge in [-0.3, -0.25) is 0 Å². The van der Waals surface area contributed by atoms with E-state index in [-0.39, 0.29) is 12.0 Å². The fraction of sp³-hybridized carbons (Fsp3) is 0.571. The second-order valence-corrected chi connectivity index (χ2v) is 4.28. The first kappa shape index (κ1) is 13.0. The summed E-state index contributed by atoms with van der Waals surface area (Å²) in [5.41, 5.74) is 0.0365. The van der Waals surface area contributed by atoms with Crippen molar-refractivity contribution in [3.8, 4) is 5.75 Å². The summed E-state index contributed by atoms with van der Waals surface area (Å²) in [6, 6.07) is 9.82. The SMILES string of the molecule is CCC(CC)(CO)CCOc1ccccc1. The van der Waals surface area contributed by atoms with Gasteiger partial charge in [-0.15, -0.1) is 0 Å². The first-order valence-corrected chi connectivity index (χ1v) is 6.05. The minimum atomic E-state index is 0.0365. The number of hydrogen-bond acceptors (Lipinski definition) is 2. The van der Waals surface area contributed by atoms with E-state index in [9.17, 15) is 5.11 Å². The zero-order valence-corrected chi connectivity index (χ0v) is 10.3. The topological polar surface area (TPSA) is 29.5 Å². The van der Waals surface area contributed by atoms with E-state index in [4.69, 9.17) is 4.74 Å². The molecule has 1 N–H and O–H groups in total. The van der Waals surface area contributed by atoms with Crippen LogP contribution in [0.3, 0.4) is 0 Å². The minimum Gasteiger partial charge on any atom is -0.494 e. The quantitative estimate of drug-likeness (QED) is 0.767. The number of aliphatic hydroxyl groups is 1. The van der Waals surface area contributed by atoms with Crippen LogP contribution < -0.4 is 4.74 Å². The second kappa shape index (κ2) is 6.54. The first-order chi connectivity index (χ1) is 7.76. The molecule has 0 fully saturated rings. The van der Waals surface area contributed by atoms with Gasteiger partial charge in [0.1, 0.15) is 5.75 Å². The molecule has 0 saturated heterocycles. The van der Waals surface area contributed by atoms with Crippen LogP contribution in [0.1, 0.15) is 33.1 Å². The van der Waals surface area contributed by atoms with Gasteiger partial charge in [0.25, 0.3) is 0 Å². The van der Waals surface area contributed by atoms with E-state index in [1.54, 1.807) is 0 Å². The average molecular weight is 222 g/mol. The lowest BCUT2D eigenvalue weighted by atomic mass is 9.80. The monoisotopic (exact) mass is 222 g/mol. The Morgan fingerprint density at radius 1 is 1.12 bits per heavy atom. The van der Waals surface area contributed by atoms with Crippen molar-refractivity contribution in [1.82, 2.24) is 0 Å². The van der Waals surface area contributed by atoms with Crippen molar-refractivity contribution < 1.29 is 9.84 Å². The van der Waals surface area contributed by atoms with Crippen LogP contribution in [-0.2, 0) is 0 Å². The third kappa shape index (κ3) is 3.53. The van der Waals surface area contributed by atoms with Gasteiger partial charge < -0.3 is 9.84 Å². The highest BCUT2D eigenvalue weighted by Gasteiger charge is 2.24. The van der Waals surface area contributed by atoms with Crippen LogP contribution in [0.25, 0.3) is 0 Å². The van der Waals surface area contributed by atoms with Crippen molar-refractivity contribution in [2.24, 2.45) is 5.41 Å². The standard InChI is InChI=1S/C14H22O2/c1-3-14(4-2,12-15)10-11-16-13-8-6-5-7-9-13/h5-9,15H,3-4,10-12H2,1-2H3. The molecule has 2 nitrogen and oxygen atoms in total. The van der Waals surface area contributed by atoms with E-state index >= 15 is 0 Å². The largest absolute Gasteiger partial charge is 0.494 e. The average Bonchev–Trinajstić information content (AvgIpc) is 2.37. The maximum absolute atomic E-state index is 9.42. The summed E-state index contributed by atoms with van der Waals surface area (Å²) < 4.78 is 5.66. The molecule has 0 spiro atoms. The molecule has 0 amide bonds. The van der Waals surface area contributed by atoms with Gasteiger partial charge in [0.15, 0.2) is 0 Å². The van der Waals surface area contributed by atoms with Crippen LogP contribution in [0.15, 0.2) is 30.3 Å². The molecule has 0 aliphatic rings. The zero-order chi connectivity index (χ0) is 11.9. The van der Waals surface area contributed by atoms with Gasteiger partial charge in [0.05, 0.1) is 6.61 Å². The van der Waals surface area contributed by atoms with Gasteiger partial charge in [0.2, 0.25) is 0 Å². The van der Waals surface area contributed by atoms with E-state index in [1.807, 2.05) is 30.3 Å². The van der Waals surface area contributed by atoms with Crippen LogP contribution in [0, 0.1) is 5.41 Å². The fourth-order valence-corrected chi connectivity index (χ4v) is 1.81. The van der Waals surface area contributed by atoms with E-state index in [0.717, 1.165) is 25.0 Å². The van der Waals surface area contributed by atoms with E-state index in [2.05, 4.69) is 13.8 Å². The zero-order valence-electron chi connectivity index (χ0n) is 10.3. The smallest absolute Gasteiger partial charge is 0.119 e. The Labute approximate surface area is 98.3 Å². The van der Waals surface area contributed by atoms with E-state index < -0.39 is 0 Å². The van der Waals surface area contributed by atoms with Crippen molar-refractivity contribution >= 4 is 0 Å². The Balaban J connectivity index is 2.39. The normalized spacial score (nSPS) is 11.4. The van der Waals surface area contributed by atoms with Gasteiger partial charge in [-0.2, -0.15) is 0 Å². The Kier molecular flexibility index (Phi) is 5.33. The minimum absolute atomic E-state index is 0.0365. The molecule has 90 valence electrons. The van der Waals surface area contributed by atoms with Crippen LogP contribution in [0.4, 0.5) is 0 Å². The summed E-state index contributed by atoms with van der Waals surface area (Å²) in [7, 11) is 0. The molecule has 16 heavy (non-hydrogen) atoms. The molecule has 0 heterocycles. The molecule has 0 aliphatic carbocycles. The maximum atomic E-state index is 9.42. The summed E-state index contributed by atoms with van der Waals surface area (Å²) >= 11 is 0. The highest BCUT2D eigenvalue weighted by molar-refractivity contribution is 5.20. The molecule has 0 aromatic heterocycles. The molecule has 1 aromatic carbocycles. The van der Waals surface area contributed by atoms with Crippen LogP contribution in [0.2, 0.25) is 0 Å². The van der Waals surface area contributed by atoms with Gasteiger partial charge in [-0.25, -0.2) is 0 Å².